The molecule has 0 aromatic carbocycles. The van der Waals surface area contributed by atoms with E-state index in [-0.39, 0.29) is 24.0 Å². The maximum absolute atomic E-state index is 4.21. The van der Waals surface area contributed by atoms with Crippen molar-refractivity contribution >= 4 is 29.9 Å². The molecule has 1 saturated heterocycles. The van der Waals surface area contributed by atoms with Gasteiger partial charge in [0, 0.05) is 46.3 Å². The van der Waals surface area contributed by atoms with Gasteiger partial charge < -0.3 is 20.4 Å². The molecule has 21 heavy (non-hydrogen) atoms. The fourth-order valence-corrected chi connectivity index (χ4v) is 2.46. The highest BCUT2D eigenvalue weighted by atomic mass is 127. The Morgan fingerprint density at radius 1 is 0.952 bits per heavy atom. The molecule has 1 aliphatic heterocycles. The molecule has 1 rings (SSSR count). The lowest BCUT2D eigenvalue weighted by Crippen LogP contribution is -2.46. The summed E-state index contributed by atoms with van der Waals surface area (Å²) in [4.78, 5) is 9.33. The van der Waals surface area contributed by atoms with Crippen LogP contribution in [0.3, 0.4) is 0 Å². The monoisotopic (exact) mass is 411 g/mol. The second-order valence-electron chi connectivity index (χ2n) is 5.41. The van der Waals surface area contributed by atoms with Gasteiger partial charge in [-0.15, -0.1) is 24.0 Å². The number of hydrogen-bond donors (Lipinski definition) is 2. The van der Waals surface area contributed by atoms with Crippen molar-refractivity contribution in [3.63, 3.8) is 0 Å². The Hall–Kier alpha value is -0.0800. The molecule has 0 amide bonds. The van der Waals surface area contributed by atoms with Crippen molar-refractivity contribution in [2.75, 3.05) is 59.4 Å². The average molecular weight is 411 g/mol. The van der Waals surface area contributed by atoms with E-state index in [2.05, 4.69) is 39.3 Å². The normalized spacial score (nSPS) is 17.4. The van der Waals surface area contributed by atoms with E-state index in [4.69, 9.17) is 0 Å². The van der Waals surface area contributed by atoms with Crippen LogP contribution in [0.5, 0.6) is 0 Å². The summed E-state index contributed by atoms with van der Waals surface area (Å²) in [6.07, 6.45) is 3.61. The van der Waals surface area contributed by atoms with Crippen LogP contribution in [0.2, 0.25) is 0 Å². The number of nitrogens with zero attached hydrogens (tertiary/aromatic N) is 3. The van der Waals surface area contributed by atoms with Crippen LogP contribution >= 0.6 is 24.0 Å². The van der Waals surface area contributed by atoms with Gasteiger partial charge in [-0.3, -0.25) is 4.99 Å². The molecule has 0 atom stereocenters. The largest absolute Gasteiger partial charge is 0.356 e. The van der Waals surface area contributed by atoms with E-state index in [1.165, 1.54) is 52.1 Å². The summed E-state index contributed by atoms with van der Waals surface area (Å²) < 4.78 is 0. The number of rotatable bonds is 8. The lowest BCUT2D eigenvalue weighted by atomic mass is 10.2. The van der Waals surface area contributed by atoms with E-state index in [1.807, 2.05) is 7.05 Å². The first-order valence-corrected chi connectivity index (χ1v) is 8.19. The predicted molar refractivity (Wildman–Crippen MR) is 103 cm³/mol. The van der Waals surface area contributed by atoms with Gasteiger partial charge in [0.1, 0.15) is 0 Å². The minimum absolute atomic E-state index is 0. The number of hydrogen-bond acceptors (Lipinski definition) is 3. The zero-order valence-electron chi connectivity index (χ0n) is 14.0. The topological polar surface area (TPSA) is 42.9 Å². The van der Waals surface area contributed by atoms with E-state index in [1.54, 1.807) is 0 Å². The van der Waals surface area contributed by atoms with Crippen molar-refractivity contribution in [1.82, 2.24) is 20.4 Å². The Morgan fingerprint density at radius 3 is 2.14 bits per heavy atom. The van der Waals surface area contributed by atoms with E-state index in [0.717, 1.165) is 25.5 Å². The van der Waals surface area contributed by atoms with E-state index in [9.17, 15) is 0 Å². The Bertz CT molecular complexity index is 265. The molecule has 1 aliphatic rings. The minimum Gasteiger partial charge on any atom is -0.356 e. The predicted octanol–water partition coefficient (Wildman–Crippen LogP) is 1.60. The van der Waals surface area contributed by atoms with Gasteiger partial charge in [0.15, 0.2) is 5.96 Å². The highest BCUT2D eigenvalue weighted by molar-refractivity contribution is 14.0. The molecular formula is C15H34IN5. The Labute approximate surface area is 148 Å². The Morgan fingerprint density at radius 2 is 1.57 bits per heavy atom. The smallest absolute Gasteiger partial charge is 0.190 e. The number of aliphatic imine (C=N–C) groups is 1. The van der Waals surface area contributed by atoms with Gasteiger partial charge in [0.05, 0.1) is 0 Å². The zero-order valence-corrected chi connectivity index (χ0v) is 16.4. The standard InChI is InChI=1S/C15H33N5.HI/c1-4-8-17-15(16-3)18-9-6-7-10-20-13-11-19(5-2)12-14-20;/h4-14H2,1-3H3,(H2,16,17,18);1H. The number of likely N-dealkylation sites (N-methyl/N-ethyl adjacent to an activating group) is 1. The first kappa shape index (κ1) is 20.9. The lowest BCUT2D eigenvalue weighted by Gasteiger charge is -2.34. The van der Waals surface area contributed by atoms with Crippen LogP contribution < -0.4 is 10.6 Å². The van der Waals surface area contributed by atoms with Crippen LogP contribution in [0.15, 0.2) is 4.99 Å². The zero-order chi connectivity index (χ0) is 14.6. The van der Waals surface area contributed by atoms with Crippen LogP contribution in [0, 0.1) is 0 Å². The van der Waals surface area contributed by atoms with Crippen LogP contribution in [-0.2, 0) is 0 Å². The Kier molecular flexibility index (Phi) is 13.5. The molecule has 0 unspecified atom stereocenters. The summed E-state index contributed by atoms with van der Waals surface area (Å²) in [6, 6.07) is 0. The third-order valence-corrected chi connectivity index (χ3v) is 3.87. The van der Waals surface area contributed by atoms with Crippen molar-refractivity contribution in [3.8, 4) is 0 Å². The molecule has 0 radical (unpaired) electrons. The quantitative estimate of drug-likeness (QED) is 0.276. The molecule has 6 heteroatoms. The van der Waals surface area contributed by atoms with Gasteiger partial charge in [-0.05, 0) is 32.4 Å². The van der Waals surface area contributed by atoms with E-state index < -0.39 is 0 Å². The SMILES string of the molecule is CCCNC(=NC)NCCCCN1CCN(CC)CC1.I. The first-order chi connectivity index (χ1) is 9.80. The van der Waals surface area contributed by atoms with Crippen LogP contribution in [-0.4, -0.2) is 75.2 Å². The van der Waals surface area contributed by atoms with Gasteiger partial charge in [-0.1, -0.05) is 13.8 Å². The van der Waals surface area contributed by atoms with Crippen molar-refractivity contribution in [3.05, 3.63) is 0 Å². The number of guanidine groups is 1. The number of unbranched alkanes of at least 4 members (excludes halogenated alkanes) is 1. The lowest BCUT2D eigenvalue weighted by molar-refractivity contribution is 0.136. The highest BCUT2D eigenvalue weighted by Gasteiger charge is 2.14. The fourth-order valence-electron chi connectivity index (χ4n) is 2.46. The van der Waals surface area contributed by atoms with Crippen molar-refractivity contribution in [2.45, 2.75) is 33.1 Å². The maximum atomic E-state index is 4.21. The second kappa shape index (κ2) is 13.6. The van der Waals surface area contributed by atoms with Gasteiger partial charge in [-0.25, -0.2) is 0 Å². The second-order valence-corrected chi connectivity index (χ2v) is 5.41. The minimum atomic E-state index is 0. The maximum Gasteiger partial charge on any atom is 0.190 e. The number of piperazine rings is 1. The number of halogens is 1. The first-order valence-electron chi connectivity index (χ1n) is 8.19. The van der Waals surface area contributed by atoms with Crippen molar-refractivity contribution < 1.29 is 0 Å². The van der Waals surface area contributed by atoms with Crippen molar-refractivity contribution in [1.29, 1.82) is 0 Å². The number of nitrogens with one attached hydrogen (secondary N) is 2. The molecule has 5 nitrogen and oxygen atoms in total. The van der Waals surface area contributed by atoms with Gasteiger partial charge in [0.2, 0.25) is 0 Å². The highest BCUT2D eigenvalue weighted by Crippen LogP contribution is 2.02. The molecule has 0 aromatic heterocycles. The fraction of sp³-hybridized carbons (Fsp3) is 0.933. The molecule has 1 fully saturated rings. The van der Waals surface area contributed by atoms with E-state index >= 15 is 0 Å². The Balaban J connectivity index is 0.00000400. The van der Waals surface area contributed by atoms with Gasteiger partial charge in [0.25, 0.3) is 0 Å². The summed E-state index contributed by atoms with van der Waals surface area (Å²) in [6.45, 7) is 13.8. The molecule has 0 aromatic rings. The summed E-state index contributed by atoms with van der Waals surface area (Å²) in [5.74, 6) is 0.934. The van der Waals surface area contributed by atoms with Gasteiger partial charge in [-0.2, -0.15) is 0 Å². The molecule has 2 N–H and O–H groups in total. The van der Waals surface area contributed by atoms with Gasteiger partial charge >= 0.3 is 0 Å². The summed E-state index contributed by atoms with van der Waals surface area (Å²) >= 11 is 0. The summed E-state index contributed by atoms with van der Waals surface area (Å²) in [7, 11) is 1.83. The van der Waals surface area contributed by atoms with Crippen LogP contribution in [0.4, 0.5) is 0 Å². The van der Waals surface area contributed by atoms with Crippen LogP contribution in [0.25, 0.3) is 0 Å². The molecule has 1 heterocycles. The molecule has 0 spiro atoms. The molecule has 0 saturated carbocycles. The molecule has 0 aliphatic carbocycles. The molecular weight excluding hydrogens is 377 g/mol. The molecule has 0 bridgehead atoms. The average Bonchev–Trinajstić information content (AvgIpc) is 2.50. The third-order valence-electron chi connectivity index (χ3n) is 3.87. The van der Waals surface area contributed by atoms with Crippen molar-refractivity contribution in [2.24, 2.45) is 4.99 Å². The van der Waals surface area contributed by atoms with E-state index in [0.29, 0.717) is 0 Å². The third kappa shape index (κ3) is 9.52. The molecule has 126 valence electrons. The van der Waals surface area contributed by atoms with Crippen LogP contribution in [0.1, 0.15) is 33.1 Å². The summed E-state index contributed by atoms with van der Waals surface area (Å²) in [5, 5.41) is 6.66. The summed E-state index contributed by atoms with van der Waals surface area (Å²) in [5.41, 5.74) is 0.